The number of benzene rings is 1. The topological polar surface area (TPSA) is 83.2 Å². The number of rotatable bonds is 8. The molecule has 0 amide bonds. The first-order valence-corrected chi connectivity index (χ1v) is 12.8. The van der Waals surface area contributed by atoms with E-state index in [2.05, 4.69) is 52.9 Å². The van der Waals surface area contributed by atoms with Crippen LogP contribution in [0.5, 0.6) is 0 Å². The van der Waals surface area contributed by atoms with Crippen molar-refractivity contribution >= 4 is 22.6 Å². The molecule has 2 N–H and O–H groups in total. The minimum atomic E-state index is -0.674. The highest BCUT2D eigenvalue weighted by molar-refractivity contribution is 5.80. The van der Waals surface area contributed by atoms with Gasteiger partial charge in [-0.15, -0.1) is 0 Å². The molecule has 6 heteroatoms. The van der Waals surface area contributed by atoms with E-state index >= 15 is 0 Å². The van der Waals surface area contributed by atoms with E-state index in [4.69, 9.17) is 10.1 Å². The third-order valence-electron chi connectivity index (χ3n) is 7.13. The van der Waals surface area contributed by atoms with Crippen molar-refractivity contribution in [2.75, 3.05) is 7.05 Å². The molecule has 186 valence electrons. The number of fused-ring (bicyclic) bond motifs is 1. The van der Waals surface area contributed by atoms with E-state index in [9.17, 15) is 4.79 Å². The second-order valence-electron chi connectivity index (χ2n) is 9.97. The summed E-state index contributed by atoms with van der Waals surface area (Å²) in [6.45, 7) is 4.29. The summed E-state index contributed by atoms with van der Waals surface area (Å²) in [5.74, 6) is 1.42. The lowest BCUT2D eigenvalue weighted by Crippen LogP contribution is -2.15. The zero-order chi connectivity index (χ0) is 25.5. The van der Waals surface area contributed by atoms with Crippen LogP contribution >= 0.6 is 0 Å². The Morgan fingerprint density at radius 1 is 1.14 bits per heavy atom. The first-order chi connectivity index (χ1) is 17.4. The van der Waals surface area contributed by atoms with E-state index in [1.807, 2.05) is 30.5 Å². The van der Waals surface area contributed by atoms with Gasteiger partial charge in [-0.1, -0.05) is 35.4 Å². The van der Waals surface area contributed by atoms with Crippen LogP contribution in [0.4, 0.5) is 0 Å². The summed E-state index contributed by atoms with van der Waals surface area (Å²) in [5.41, 5.74) is 7.18. The second-order valence-corrected chi connectivity index (χ2v) is 9.97. The molecule has 0 unspecified atom stereocenters. The van der Waals surface area contributed by atoms with Crippen LogP contribution in [0.15, 0.2) is 54.3 Å². The number of nitrogens with one attached hydrogen (secondary N) is 1. The number of hydrogen-bond donors (Lipinski definition) is 2. The summed E-state index contributed by atoms with van der Waals surface area (Å²) in [6, 6.07) is 13.0. The normalized spacial score (nSPS) is 18.6. The lowest BCUT2D eigenvalue weighted by molar-refractivity contribution is -0.137. The second kappa shape index (κ2) is 11.8. The molecule has 3 aromatic rings. The first kappa shape index (κ1) is 25.4. The summed E-state index contributed by atoms with van der Waals surface area (Å²) >= 11 is 0. The van der Waals surface area contributed by atoms with E-state index in [0.717, 1.165) is 64.9 Å². The average Bonchev–Trinajstić information content (AvgIpc) is 3.31. The molecule has 1 aromatic carbocycles. The van der Waals surface area contributed by atoms with Crippen molar-refractivity contribution < 1.29 is 9.90 Å². The van der Waals surface area contributed by atoms with Crippen LogP contribution in [0.3, 0.4) is 0 Å². The Kier molecular flexibility index (Phi) is 8.32. The van der Waals surface area contributed by atoms with Gasteiger partial charge in [0.2, 0.25) is 0 Å². The molecule has 0 atom stereocenters. The summed E-state index contributed by atoms with van der Waals surface area (Å²) in [4.78, 5) is 27.5. The highest BCUT2D eigenvalue weighted by Gasteiger charge is 2.21. The Hall–Kier alpha value is -3.72. The summed E-state index contributed by atoms with van der Waals surface area (Å²) in [5, 5.41) is 8.89. The van der Waals surface area contributed by atoms with E-state index in [1.54, 1.807) is 7.05 Å². The predicted octanol–water partition coefficient (Wildman–Crippen LogP) is 7.35. The van der Waals surface area contributed by atoms with E-state index in [-0.39, 0.29) is 0 Å². The molecule has 1 aliphatic rings. The summed E-state index contributed by atoms with van der Waals surface area (Å²) in [7, 11) is 1.71. The Labute approximate surface area is 213 Å². The van der Waals surface area contributed by atoms with Gasteiger partial charge in [0.15, 0.2) is 0 Å². The molecular weight excluding hydrogens is 448 g/mol. The van der Waals surface area contributed by atoms with Crippen molar-refractivity contribution in [2.45, 2.75) is 58.8 Å². The fraction of sp³-hybridized carbons (Fsp3) is 0.400. The molecule has 0 radical (unpaired) electrons. The number of carboxylic acids is 1. The fourth-order valence-electron chi connectivity index (χ4n) is 5.04. The molecule has 0 aliphatic heterocycles. The first-order valence-electron chi connectivity index (χ1n) is 12.8. The Balaban J connectivity index is 1.34. The van der Waals surface area contributed by atoms with Gasteiger partial charge in [0, 0.05) is 18.2 Å². The number of hydrogen-bond acceptors (Lipinski definition) is 3. The molecule has 4 rings (SSSR count). The predicted molar refractivity (Wildman–Crippen MR) is 146 cm³/mol. The number of H-pyrrole nitrogens is 1. The Morgan fingerprint density at radius 2 is 1.92 bits per heavy atom. The van der Waals surface area contributed by atoms with Crippen LogP contribution in [0.1, 0.15) is 70.1 Å². The van der Waals surface area contributed by atoms with Crippen LogP contribution in [-0.4, -0.2) is 33.1 Å². The number of pyridine rings is 1. The van der Waals surface area contributed by atoms with Gasteiger partial charge in [-0.2, -0.15) is 0 Å². The molecule has 0 bridgehead atoms. The number of aromatic nitrogens is 3. The van der Waals surface area contributed by atoms with E-state index < -0.39 is 5.97 Å². The minimum absolute atomic E-state index is 0.306. The van der Waals surface area contributed by atoms with Crippen molar-refractivity contribution in [1.29, 1.82) is 0 Å². The van der Waals surface area contributed by atoms with Crippen LogP contribution < -0.4 is 0 Å². The third kappa shape index (κ3) is 6.69. The van der Waals surface area contributed by atoms with Crippen LogP contribution in [0.25, 0.3) is 32.8 Å². The molecule has 2 heterocycles. The van der Waals surface area contributed by atoms with Crippen LogP contribution in [-0.2, 0) is 4.79 Å². The Morgan fingerprint density at radius 3 is 2.61 bits per heavy atom. The maximum absolute atomic E-state index is 10.8. The molecule has 1 saturated carbocycles. The molecule has 1 fully saturated rings. The van der Waals surface area contributed by atoms with Crippen molar-refractivity contribution in [2.24, 2.45) is 11.8 Å². The van der Waals surface area contributed by atoms with Gasteiger partial charge in [0.25, 0.3) is 7.05 Å². The minimum Gasteiger partial charge on any atom is -0.481 e. The highest BCUT2D eigenvalue weighted by Crippen LogP contribution is 2.34. The van der Waals surface area contributed by atoms with Crippen LogP contribution in [0, 0.1) is 17.9 Å². The highest BCUT2D eigenvalue weighted by atomic mass is 16.4. The number of aromatic amines is 1. The van der Waals surface area contributed by atoms with Gasteiger partial charge < -0.3 is 10.1 Å². The number of carbonyl (C=O) groups is 1. The zero-order valence-corrected chi connectivity index (χ0v) is 21.4. The maximum Gasteiger partial charge on any atom is 0.310 e. The van der Waals surface area contributed by atoms with Crippen molar-refractivity contribution in [3.63, 3.8) is 0 Å². The number of carboxylic acid groups (broad SMARTS) is 1. The quantitative estimate of drug-likeness (QED) is 0.328. The third-order valence-corrected chi connectivity index (χ3v) is 7.13. The Bertz CT molecular complexity index is 1330. The van der Waals surface area contributed by atoms with E-state index in [1.165, 1.54) is 18.4 Å². The van der Waals surface area contributed by atoms with Gasteiger partial charge in [-0.3, -0.25) is 9.78 Å². The van der Waals surface area contributed by atoms with Crippen molar-refractivity contribution in [3.8, 4) is 17.5 Å². The maximum atomic E-state index is 10.8. The molecule has 6 nitrogen and oxygen atoms in total. The van der Waals surface area contributed by atoms with Crippen molar-refractivity contribution in [1.82, 2.24) is 15.0 Å². The molecule has 2 aromatic heterocycles. The fourth-order valence-corrected chi connectivity index (χ4v) is 5.04. The van der Waals surface area contributed by atoms with Gasteiger partial charge in [0.05, 0.1) is 16.7 Å². The van der Waals surface area contributed by atoms with E-state index in [0.29, 0.717) is 18.3 Å². The summed E-state index contributed by atoms with van der Waals surface area (Å²) in [6.07, 6.45) is 13.2. The SMILES string of the molecule is C[N+]#Cc1ccc2nc(-c3ccc(C(C)=CC=C(C)CC4CCC(CCC(=O)O)CC4)nc3)[nH]c2c1. The lowest BCUT2D eigenvalue weighted by Gasteiger charge is -2.28. The van der Waals surface area contributed by atoms with Gasteiger partial charge in [0.1, 0.15) is 11.4 Å². The molecular formula is C30H35N4O2+. The molecule has 0 spiro atoms. The van der Waals surface area contributed by atoms with Gasteiger partial charge in [-0.05, 0) is 87.3 Å². The molecule has 1 aliphatic carbocycles. The monoisotopic (exact) mass is 483 g/mol. The van der Waals surface area contributed by atoms with Crippen LogP contribution in [0.2, 0.25) is 0 Å². The number of allylic oxidation sites excluding steroid dienone is 4. The molecule has 0 saturated heterocycles. The zero-order valence-electron chi connectivity index (χ0n) is 21.4. The van der Waals surface area contributed by atoms with Gasteiger partial charge >= 0.3 is 12.0 Å². The largest absolute Gasteiger partial charge is 0.481 e. The van der Waals surface area contributed by atoms with Crippen molar-refractivity contribution in [3.05, 3.63) is 70.4 Å². The number of aliphatic carboxylic acids is 1. The smallest absolute Gasteiger partial charge is 0.310 e. The van der Waals surface area contributed by atoms with Gasteiger partial charge in [-0.25, -0.2) is 4.98 Å². The summed E-state index contributed by atoms with van der Waals surface area (Å²) < 4.78 is 0. The molecule has 36 heavy (non-hydrogen) atoms. The lowest BCUT2D eigenvalue weighted by atomic mass is 9.78. The number of imidazole rings is 1. The average molecular weight is 484 g/mol. The number of nitrogens with zero attached hydrogens (tertiary/aromatic N) is 3. The standard InChI is InChI=1S/C30H34N4O2/c1-20(16-23-8-6-22(7-9-23)11-15-29(35)36)4-5-21(2)26-14-12-25(19-32-26)30-33-27-13-10-24(18-31-3)17-28(27)34-30/h4-5,10,12-14,17,19,22-23H,6-9,11,15-16H2,1-3H3,(H,35,36)/p+1.